The Hall–Kier alpha value is -2.65. The Kier molecular flexibility index (Phi) is 7.21. The zero-order valence-electron chi connectivity index (χ0n) is 16.7. The molecule has 0 N–H and O–H groups in total. The van der Waals surface area contributed by atoms with Gasteiger partial charge in [-0.1, -0.05) is 80.2 Å². The van der Waals surface area contributed by atoms with Crippen LogP contribution in [0.25, 0.3) is 0 Å². The average Bonchev–Trinajstić information content (AvgIpc) is 2.75. The summed E-state index contributed by atoms with van der Waals surface area (Å²) in [6, 6.07) is 27.1. The molecule has 0 fully saturated rings. The lowest BCUT2D eigenvalue weighted by Gasteiger charge is -2.15. The summed E-state index contributed by atoms with van der Waals surface area (Å²) in [4.78, 5) is 2.30. The first-order valence-corrected chi connectivity index (χ1v) is 10.5. The quantitative estimate of drug-likeness (QED) is 0.376. The Bertz CT molecular complexity index is 961. The highest BCUT2D eigenvalue weighted by atomic mass is 32.2. The SMILES string of the molecule is CCc1ccccc1C(C)/C(C)=C\N=Nc1ccccc1Sc1ccccc1. The Labute approximate surface area is 172 Å². The average molecular weight is 387 g/mol. The second kappa shape index (κ2) is 10.0. The van der Waals surface area contributed by atoms with Gasteiger partial charge in [-0.05, 0) is 54.3 Å². The van der Waals surface area contributed by atoms with Gasteiger partial charge in [0.2, 0.25) is 0 Å². The Morgan fingerprint density at radius 3 is 2.39 bits per heavy atom. The molecule has 0 saturated carbocycles. The third kappa shape index (κ3) is 5.20. The summed E-state index contributed by atoms with van der Waals surface area (Å²) in [7, 11) is 0. The van der Waals surface area contributed by atoms with Gasteiger partial charge in [-0.2, -0.15) is 5.11 Å². The summed E-state index contributed by atoms with van der Waals surface area (Å²) in [5.74, 6) is 0.323. The van der Waals surface area contributed by atoms with Crippen molar-refractivity contribution in [1.29, 1.82) is 0 Å². The highest BCUT2D eigenvalue weighted by Gasteiger charge is 2.11. The van der Waals surface area contributed by atoms with E-state index in [0.29, 0.717) is 5.92 Å². The fourth-order valence-corrected chi connectivity index (χ4v) is 3.97. The van der Waals surface area contributed by atoms with Gasteiger partial charge in [-0.15, -0.1) is 5.11 Å². The zero-order chi connectivity index (χ0) is 19.8. The van der Waals surface area contributed by atoms with Crippen molar-refractivity contribution in [2.75, 3.05) is 0 Å². The van der Waals surface area contributed by atoms with Crippen LogP contribution >= 0.6 is 11.8 Å². The highest BCUT2D eigenvalue weighted by Crippen LogP contribution is 2.35. The first-order valence-electron chi connectivity index (χ1n) is 9.66. The van der Waals surface area contributed by atoms with E-state index in [1.54, 1.807) is 11.8 Å². The highest BCUT2D eigenvalue weighted by molar-refractivity contribution is 7.99. The number of azo groups is 1. The van der Waals surface area contributed by atoms with E-state index in [2.05, 4.69) is 73.5 Å². The topological polar surface area (TPSA) is 24.7 Å². The largest absolute Gasteiger partial charge is 0.159 e. The molecule has 3 aromatic carbocycles. The van der Waals surface area contributed by atoms with E-state index < -0.39 is 0 Å². The van der Waals surface area contributed by atoms with Crippen LogP contribution in [0.1, 0.15) is 37.8 Å². The van der Waals surface area contributed by atoms with Gasteiger partial charge < -0.3 is 0 Å². The molecular weight excluding hydrogens is 360 g/mol. The van der Waals surface area contributed by atoms with Gasteiger partial charge in [0.25, 0.3) is 0 Å². The van der Waals surface area contributed by atoms with Crippen molar-refractivity contribution in [3.05, 3.63) is 102 Å². The lowest BCUT2D eigenvalue weighted by atomic mass is 9.90. The molecule has 3 aromatic rings. The predicted octanol–water partition coefficient (Wildman–Crippen LogP) is 8.19. The molecule has 0 aliphatic heterocycles. The summed E-state index contributed by atoms with van der Waals surface area (Å²) < 4.78 is 0. The molecule has 0 bridgehead atoms. The summed E-state index contributed by atoms with van der Waals surface area (Å²) >= 11 is 1.71. The fraction of sp³-hybridized carbons (Fsp3) is 0.200. The Balaban J connectivity index is 1.76. The smallest absolute Gasteiger partial charge is 0.0996 e. The van der Waals surface area contributed by atoms with Gasteiger partial charge in [0, 0.05) is 21.9 Å². The maximum Gasteiger partial charge on any atom is 0.0996 e. The summed E-state index contributed by atoms with van der Waals surface area (Å²) in [5, 5.41) is 8.88. The van der Waals surface area contributed by atoms with E-state index in [-0.39, 0.29) is 0 Å². The van der Waals surface area contributed by atoms with Gasteiger partial charge in [0.15, 0.2) is 0 Å². The second-order valence-electron chi connectivity index (χ2n) is 6.75. The molecule has 3 heteroatoms. The van der Waals surface area contributed by atoms with E-state index in [4.69, 9.17) is 0 Å². The summed E-state index contributed by atoms with van der Waals surface area (Å²) in [6.45, 7) is 6.56. The van der Waals surface area contributed by atoms with Crippen LogP contribution < -0.4 is 0 Å². The fourth-order valence-electron chi connectivity index (χ4n) is 3.06. The second-order valence-corrected chi connectivity index (χ2v) is 7.86. The van der Waals surface area contributed by atoms with E-state index in [1.807, 2.05) is 42.6 Å². The molecule has 0 radical (unpaired) electrons. The van der Waals surface area contributed by atoms with Crippen LogP contribution in [0.3, 0.4) is 0 Å². The predicted molar refractivity (Wildman–Crippen MR) is 120 cm³/mol. The van der Waals surface area contributed by atoms with Gasteiger partial charge in [0.1, 0.15) is 0 Å². The van der Waals surface area contributed by atoms with E-state index >= 15 is 0 Å². The van der Waals surface area contributed by atoms with Crippen molar-refractivity contribution in [3.63, 3.8) is 0 Å². The van der Waals surface area contributed by atoms with Crippen molar-refractivity contribution in [1.82, 2.24) is 0 Å². The summed E-state index contributed by atoms with van der Waals surface area (Å²) in [5.41, 5.74) is 4.86. The summed E-state index contributed by atoms with van der Waals surface area (Å²) in [6.07, 6.45) is 2.93. The number of aryl methyl sites for hydroxylation is 1. The van der Waals surface area contributed by atoms with E-state index in [1.165, 1.54) is 21.6 Å². The van der Waals surface area contributed by atoms with Crippen LogP contribution in [-0.4, -0.2) is 0 Å². The Morgan fingerprint density at radius 1 is 0.929 bits per heavy atom. The molecule has 1 atom stereocenters. The van der Waals surface area contributed by atoms with Crippen LogP contribution in [0.4, 0.5) is 5.69 Å². The minimum Gasteiger partial charge on any atom is -0.159 e. The van der Waals surface area contributed by atoms with E-state index in [0.717, 1.165) is 17.0 Å². The number of hydrogen-bond acceptors (Lipinski definition) is 3. The first kappa shape index (κ1) is 20.1. The van der Waals surface area contributed by atoms with Gasteiger partial charge in [-0.25, -0.2) is 0 Å². The van der Waals surface area contributed by atoms with Crippen LogP contribution in [0.15, 0.2) is 111 Å². The van der Waals surface area contributed by atoms with Crippen LogP contribution in [0.5, 0.6) is 0 Å². The van der Waals surface area contributed by atoms with Crippen molar-refractivity contribution in [2.24, 2.45) is 10.2 Å². The van der Waals surface area contributed by atoms with Crippen molar-refractivity contribution < 1.29 is 0 Å². The standard InChI is InChI=1S/C25H26N2S/c1-4-21-12-8-9-15-23(21)20(3)19(2)18-26-27-24-16-10-11-17-25(24)28-22-13-6-5-7-14-22/h5-18,20H,4H2,1-3H3/b19-18-,27-26?. The molecule has 142 valence electrons. The van der Waals surface area contributed by atoms with Crippen LogP contribution in [0.2, 0.25) is 0 Å². The monoisotopic (exact) mass is 386 g/mol. The number of rotatable bonds is 7. The van der Waals surface area contributed by atoms with Crippen molar-refractivity contribution in [3.8, 4) is 0 Å². The number of benzene rings is 3. The molecule has 0 saturated heterocycles. The molecule has 0 amide bonds. The molecule has 1 unspecified atom stereocenters. The van der Waals surface area contributed by atoms with E-state index in [9.17, 15) is 0 Å². The molecule has 0 aliphatic rings. The molecule has 0 heterocycles. The lowest BCUT2D eigenvalue weighted by molar-refractivity contribution is 0.862. The molecule has 0 spiro atoms. The minimum absolute atomic E-state index is 0.323. The van der Waals surface area contributed by atoms with Gasteiger partial charge in [-0.3, -0.25) is 0 Å². The Morgan fingerprint density at radius 2 is 1.61 bits per heavy atom. The molecule has 0 aromatic heterocycles. The minimum atomic E-state index is 0.323. The molecule has 3 rings (SSSR count). The normalized spacial score (nSPS) is 13.0. The van der Waals surface area contributed by atoms with Gasteiger partial charge in [0.05, 0.1) is 5.69 Å². The van der Waals surface area contributed by atoms with Crippen LogP contribution in [0, 0.1) is 0 Å². The number of nitrogens with zero attached hydrogens (tertiary/aromatic N) is 2. The molecular formula is C25H26N2S. The molecule has 0 aliphatic carbocycles. The zero-order valence-corrected chi connectivity index (χ0v) is 17.5. The number of allylic oxidation sites excluding steroid dienone is 1. The third-order valence-corrected chi connectivity index (χ3v) is 5.92. The maximum absolute atomic E-state index is 4.49. The first-order chi connectivity index (χ1) is 13.7. The lowest BCUT2D eigenvalue weighted by Crippen LogP contribution is -1.99. The maximum atomic E-state index is 4.49. The van der Waals surface area contributed by atoms with Crippen LogP contribution in [-0.2, 0) is 6.42 Å². The molecule has 28 heavy (non-hydrogen) atoms. The third-order valence-electron chi connectivity index (χ3n) is 4.85. The molecule has 2 nitrogen and oxygen atoms in total. The number of hydrogen-bond donors (Lipinski definition) is 0. The van der Waals surface area contributed by atoms with Gasteiger partial charge >= 0.3 is 0 Å². The van der Waals surface area contributed by atoms with Crippen molar-refractivity contribution in [2.45, 2.75) is 42.9 Å². The van der Waals surface area contributed by atoms with Crippen molar-refractivity contribution >= 4 is 17.4 Å².